The first-order chi connectivity index (χ1) is 10.8. The molecule has 23 heavy (non-hydrogen) atoms. The molecule has 3 N–H and O–H groups in total. The van der Waals surface area contributed by atoms with Gasteiger partial charge in [-0.05, 0) is 24.1 Å². The fourth-order valence-corrected chi connectivity index (χ4v) is 2.16. The fraction of sp³-hybridized carbons (Fsp3) is 0.118. The van der Waals surface area contributed by atoms with E-state index in [4.69, 9.17) is 5.73 Å². The number of rotatable bonds is 5. The van der Waals surface area contributed by atoms with Crippen molar-refractivity contribution in [3.05, 3.63) is 72.1 Å². The Bertz CT molecular complexity index is 734. The first-order valence-corrected chi connectivity index (χ1v) is 7.16. The zero-order chi connectivity index (χ0) is 15.2. The maximum absolute atomic E-state index is 5.78. The Kier molecular flexibility index (Phi) is 5.88. The highest BCUT2D eigenvalue weighted by molar-refractivity contribution is 5.85. The molecule has 0 amide bonds. The van der Waals surface area contributed by atoms with E-state index in [1.54, 1.807) is 0 Å². The summed E-state index contributed by atoms with van der Waals surface area (Å²) in [5.74, 6) is 1.40. The van der Waals surface area contributed by atoms with Crippen LogP contribution >= 0.6 is 12.4 Å². The Morgan fingerprint density at radius 1 is 0.783 bits per heavy atom. The van der Waals surface area contributed by atoms with Crippen LogP contribution in [-0.4, -0.2) is 15.0 Å². The summed E-state index contributed by atoms with van der Waals surface area (Å²) in [6, 6.07) is 20.0. The molecule has 5 nitrogen and oxygen atoms in total. The zero-order valence-corrected chi connectivity index (χ0v) is 13.3. The highest BCUT2D eigenvalue weighted by atomic mass is 35.5. The van der Waals surface area contributed by atoms with Crippen LogP contribution in [0, 0.1) is 0 Å². The molecule has 6 heteroatoms. The summed E-state index contributed by atoms with van der Waals surface area (Å²) in [7, 11) is 0. The van der Waals surface area contributed by atoms with E-state index < -0.39 is 0 Å². The second-order valence-electron chi connectivity index (χ2n) is 4.91. The summed E-state index contributed by atoms with van der Waals surface area (Å²) < 4.78 is 0. The van der Waals surface area contributed by atoms with Crippen molar-refractivity contribution in [2.45, 2.75) is 12.8 Å². The molecule has 3 rings (SSSR count). The Morgan fingerprint density at radius 3 is 2.13 bits per heavy atom. The van der Waals surface area contributed by atoms with Gasteiger partial charge in [0.2, 0.25) is 11.9 Å². The molecule has 2 aromatic carbocycles. The van der Waals surface area contributed by atoms with Crippen LogP contribution < -0.4 is 11.1 Å². The lowest BCUT2D eigenvalue weighted by Gasteiger charge is -2.07. The quantitative estimate of drug-likeness (QED) is 0.751. The van der Waals surface area contributed by atoms with E-state index in [1.807, 2.05) is 48.5 Å². The van der Waals surface area contributed by atoms with Crippen molar-refractivity contribution in [3.63, 3.8) is 0 Å². The molecule has 0 spiro atoms. The number of nitrogens with one attached hydrogen (secondary N) is 1. The molecule has 0 unspecified atom stereocenters. The van der Waals surface area contributed by atoms with Crippen LogP contribution in [0.3, 0.4) is 0 Å². The molecule has 0 aliphatic carbocycles. The van der Waals surface area contributed by atoms with Crippen LogP contribution in [-0.2, 0) is 12.8 Å². The average Bonchev–Trinajstić information content (AvgIpc) is 2.54. The minimum Gasteiger partial charge on any atom is -0.368 e. The SMILES string of the molecule is Cl.Nc1nc(CCc2ccccc2)nc(Nc2ccccc2)n1. The molecule has 0 aliphatic heterocycles. The van der Waals surface area contributed by atoms with Gasteiger partial charge in [-0.1, -0.05) is 48.5 Å². The van der Waals surface area contributed by atoms with Gasteiger partial charge in [0, 0.05) is 12.1 Å². The van der Waals surface area contributed by atoms with E-state index in [0.29, 0.717) is 11.8 Å². The Morgan fingerprint density at radius 2 is 1.43 bits per heavy atom. The number of para-hydroxylation sites is 1. The number of hydrogen-bond acceptors (Lipinski definition) is 5. The first-order valence-electron chi connectivity index (χ1n) is 7.16. The monoisotopic (exact) mass is 327 g/mol. The van der Waals surface area contributed by atoms with Crippen molar-refractivity contribution in [2.75, 3.05) is 11.1 Å². The van der Waals surface area contributed by atoms with Crippen LogP contribution in [0.4, 0.5) is 17.6 Å². The number of aryl methyl sites for hydroxylation is 2. The van der Waals surface area contributed by atoms with Crippen LogP contribution in [0.5, 0.6) is 0 Å². The molecular formula is C17H18ClN5. The molecule has 0 bridgehead atoms. The number of halogens is 1. The lowest BCUT2D eigenvalue weighted by Crippen LogP contribution is -2.08. The minimum atomic E-state index is 0. The van der Waals surface area contributed by atoms with E-state index in [0.717, 1.165) is 18.5 Å². The van der Waals surface area contributed by atoms with Gasteiger partial charge in [0.05, 0.1) is 0 Å². The zero-order valence-electron chi connectivity index (χ0n) is 12.5. The van der Waals surface area contributed by atoms with Crippen molar-refractivity contribution in [2.24, 2.45) is 0 Å². The molecular weight excluding hydrogens is 310 g/mol. The van der Waals surface area contributed by atoms with Crippen LogP contribution in [0.1, 0.15) is 11.4 Å². The molecule has 3 aromatic rings. The summed E-state index contributed by atoms with van der Waals surface area (Å²) in [6.07, 6.45) is 1.59. The highest BCUT2D eigenvalue weighted by Crippen LogP contribution is 2.13. The van der Waals surface area contributed by atoms with Gasteiger partial charge >= 0.3 is 0 Å². The van der Waals surface area contributed by atoms with Crippen molar-refractivity contribution < 1.29 is 0 Å². The van der Waals surface area contributed by atoms with Crippen molar-refractivity contribution >= 4 is 30.0 Å². The summed E-state index contributed by atoms with van der Waals surface area (Å²) in [5, 5.41) is 3.14. The van der Waals surface area contributed by atoms with E-state index in [-0.39, 0.29) is 18.4 Å². The molecule has 0 saturated heterocycles. The summed E-state index contributed by atoms with van der Waals surface area (Å²) >= 11 is 0. The number of nitrogens with zero attached hydrogens (tertiary/aromatic N) is 3. The molecule has 0 aliphatic rings. The van der Waals surface area contributed by atoms with Crippen molar-refractivity contribution in [1.29, 1.82) is 0 Å². The third kappa shape index (κ3) is 4.93. The molecule has 0 fully saturated rings. The van der Waals surface area contributed by atoms with Gasteiger partial charge in [0.1, 0.15) is 5.82 Å². The van der Waals surface area contributed by atoms with Crippen LogP contribution in [0.15, 0.2) is 60.7 Å². The normalized spacial score (nSPS) is 9.91. The maximum Gasteiger partial charge on any atom is 0.232 e. The summed E-state index contributed by atoms with van der Waals surface area (Å²) in [5.41, 5.74) is 7.95. The maximum atomic E-state index is 5.78. The number of anilines is 3. The van der Waals surface area contributed by atoms with Crippen molar-refractivity contribution in [1.82, 2.24) is 15.0 Å². The molecule has 0 saturated carbocycles. The number of hydrogen-bond donors (Lipinski definition) is 2. The Labute approximate surface area is 141 Å². The molecule has 118 valence electrons. The molecule has 1 heterocycles. The summed E-state index contributed by atoms with van der Waals surface area (Å²) in [6.45, 7) is 0. The van der Waals surface area contributed by atoms with Gasteiger partial charge in [-0.2, -0.15) is 15.0 Å². The number of aromatic nitrogens is 3. The fourth-order valence-electron chi connectivity index (χ4n) is 2.16. The number of nitrogen functional groups attached to an aromatic ring is 1. The van der Waals surface area contributed by atoms with Gasteiger partial charge in [-0.25, -0.2) is 0 Å². The van der Waals surface area contributed by atoms with Gasteiger partial charge in [0.25, 0.3) is 0 Å². The number of benzene rings is 2. The van der Waals surface area contributed by atoms with Gasteiger partial charge in [0.15, 0.2) is 0 Å². The van der Waals surface area contributed by atoms with E-state index in [2.05, 4.69) is 32.4 Å². The van der Waals surface area contributed by atoms with Crippen LogP contribution in [0.2, 0.25) is 0 Å². The third-order valence-electron chi connectivity index (χ3n) is 3.21. The third-order valence-corrected chi connectivity index (χ3v) is 3.21. The second kappa shape index (κ2) is 8.10. The Hall–Kier alpha value is -2.66. The lowest BCUT2D eigenvalue weighted by atomic mass is 10.1. The number of nitrogens with two attached hydrogens (primary N) is 1. The van der Waals surface area contributed by atoms with Crippen LogP contribution in [0.25, 0.3) is 0 Å². The van der Waals surface area contributed by atoms with Gasteiger partial charge in [-0.3, -0.25) is 0 Å². The topological polar surface area (TPSA) is 76.7 Å². The predicted molar refractivity (Wildman–Crippen MR) is 95.1 cm³/mol. The molecule has 0 radical (unpaired) electrons. The van der Waals surface area contributed by atoms with Crippen molar-refractivity contribution in [3.8, 4) is 0 Å². The first kappa shape index (κ1) is 16.7. The minimum absolute atomic E-state index is 0. The van der Waals surface area contributed by atoms with E-state index in [1.165, 1.54) is 5.56 Å². The summed E-state index contributed by atoms with van der Waals surface area (Å²) in [4.78, 5) is 12.8. The largest absolute Gasteiger partial charge is 0.368 e. The molecule has 1 aromatic heterocycles. The second-order valence-corrected chi connectivity index (χ2v) is 4.91. The lowest BCUT2D eigenvalue weighted by molar-refractivity contribution is 0.846. The van der Waals surface area contributed by atoms with Gasteiger partial charge in [-0.15, -0.1) is 12.4 Å². The highest BCUT2D eigenvalue weighted by Gasteiger charge is 2.05. The predicted octanol–water partition coefficient (Wildman–Crippen LogP) is 3.40. The molecule has 0 atom stereocenters. The smallest absolute Gasteiger partial charge is 0.232 e. The van der Waals surface area contributed by atoms with E-state index >= 15 is 0 Å². The van der Waals surface area contributed by atoms with E-state index in [9.17, 15) is 0 Å². The standard InChI is InChI=1S/C17H17N5.ClH/c18-16-20-15(12-11-13-7-3-1-4-8-13)21-17(22-16)19-14-9-5-2-6-10-14;/h1-10H,11-12H2,(H3,18,19,20,21,22);1H. The van der Waals surface area contributed by atoms with Gasteiger partial charge < -0.3 is 11.1 Å². The Balaban J connectivity index is 0.00000192. The average molecular weight is 328 g/mol.